The maximum atomic E-state index is 15.3. The second kappa shape index (κ2) is 10.0. The molecule has 5 rings (SSSR count). The number of amides is 2. The topological polar surface area (TPSA) is 95.1 Å². The molecule has 12 heteroatoms. The van der Waals surface area contributed by atoms with E-state index in [0.717, 1.165) is 23.8 Å². The van der Waals surface area contributed by atoms with Gasteiger partial charge in [0.05, 0.1) is 18.9 Å². The Labute approximate surface area is 210 Å². The summed E-state index contributed by atoms with van der Waals surface area (Å²) in [5, 5.41) is 8.83. The zero-order valence-corrected chi connectivity index (χ0v) is 19.7. The molecule has 3 N–H and O–H groups in total. The van der Waals surface area contributed by atoms with Crippen LogP contribution < -0.4 is 16.0 Å². The molecule has 2 saturated heterocycles. The van der Waals surface area contributed by atoms with Crippen molar-refractivity contribution < 1.29 is 31.9 Å². The number of hydrogen-bond donors (Lipinski definition) is 3. The molecule has 2 aromatic rings. The van der Waals surface area contributed by atoms with Gasteiger partial charge in [-0.25, -0.2) is 4.39 Å². The summed E-state index contributed by atoms with van der Waals surface area (Å²) in [4.78, 5) is 30.3. The molecule has 2 aliphatic heterocycles. The molecule has 0 aromatic heterocycles. The normalized spacial score (nSPS) is 19.7. The SMILES string of the molecule is O=C(N=C1NCCN1)c1cc(F)c(Nc2cccc(C(=O)N3CCOCC3C(F)(F)F)c2)c(C2CC2)c1. The third-order valence-electron chi connectivity index (χ3n) is 6.45. The Kier molecular flexibility index (Phi) is 6.76. The second-order valence-electron chi connectivity index (χ2n) is 9.15. The number of hydrogen-bond acceptors (Lipinski definition) is 4. The average molecular weight is 519 g/mol. The lowest BCUT2D eigenvalue weighted by atomic mass is 10.0. The van der Waals surface area contributed by atoms with E-state index < -0.39 is 36.5 Å². The number of ether oxygens (including phenoxy) is 1. The maximum Gasteiger partial charge on any atom is 0.411 e. The van der Waals surface area contributed by atoms with Crippen LogP contribution in [-0.4, -0.2) is 67.7 Å². The van der Waals surface area contributed by atoms with Crippen molar-refractivity contribution in [2.75, 3.05) is 38.2 Å². The van der Waals surface area contributed by atoms with Crippen LogP contribution in [0.15, 0.2) is 41.4 Å². The number of halogens is 4. The van der Waals surface area contributed by atoms with Crippen LogP contribution in [-0.2, 0) is 4.74 Å². The van der Waals surface area contributed by atoms with E-state index in [1.54, 1.807) is 12.1 Å². The first-order valence-corrected chi connectivity index (χ1v) is 12.0. The Morgan fingerprint density at radius 3 is 2.54 bits per heavy atom. The number of rotatable bonds is 5. The Morgan fingerprint density at radius 2 is 1.84 bits per heavy atom. The number of nitrogens with zero attached hydrogens (tertiary/aromatic N) is 2. The summed E-state index contributed by atoms with van der Waals surface area (Å²) >= 11 is 0. The zero-order chi connectivity index (χ0) is 26.2. The van der Waals surface area contributed by atoms with Gasteiger partial charge in [0.15, 0.2) is 12.0 Å². The Balaban J connectivity index is 1.40. The standard InChI is InChI=1S/C25H25F4N5O3/c26-19-12-16(22(35)33-24-30-6-7-31-24)11-18(14-4-5-14)21(19)32-17-3-1-2-15(10-17)23(36)34-8-9-37-13-20(34)25(27,28)29/h1-3,10-12,14,20,32H,4-9,13H2,(H2,30,31,33,35). The predicted molar refractivity (Wildman–Crippen MR) is 128 cm³/mol. The number of carbonyl (C=O) groups is 2. The van der Waals surface area contributed by atoms with Crippen LogP contribution in [0.1, 0.15) is 45.0 Å². The van der Waals surface area contributed by atoms with Crippen LogP contribution in [0.25, 0.3) is 0 Å². The summed E-state index contributed by atoms with van der Waals surface area (Å²) in [7, 11) is 0. The molecular formula is C25H25F4N5O3. The Hall–Kier alpha value is -3.67. The molecule has 3 aliphatic rings. The first-order valence-electron chi connectivity index (χ1n) is 12.0. The van der Waals surface area contributed by atoms with Crippen molar-refractivity contribution >= 4 is 29.1 Å². The monoisotopic (exact) mass is 519 g/mol. The molecule has 0 spiro atoms. The fraction of sp³-hybridized carbons (Fsp3) is 0.400. The number of benzene rings is 2. The largest absolute Gasteiger partial charge is 0.411 e. The van der Waals surface area contributed by atoms with E-state index in [0.29, 0.717) is 30.3 Å². The van der Waals surface area contributed by atoms with E-state index in [1.807, 2.05) is 0 Å². The molecular weight excluding hydrogens is 494 g/mol. The second-order valence-corrected chi connectivity index (χ2v) is 9.15. The van der Waals surface area contributed by atoms with Crippen LogP contribution in [0.2, 0.25) is 0 Å². The van der Waals surface area contributed by atoms with E-state index in [9.17, 15) is 22.8 Å². The molecule has 2 aromatic carbocycles. The lowest BCUT2D eigenvalue weighted by Gasteiger charge is -2.36. The van der Waals surface area contributed by atoms with Crippen molar-refractivity contribution in [1.82, 2.24) is 15.5 Å². The van der Waals surface area contributed by atoms with E-state index in [2.05, 4.69) is 20.9 Å². The lowest BCUT2D eigenvalue weighted by Crippen LogP contribution is -2.55. The van der Waals surface area contributed by atoms with Crippen molar-refractivity contribution in [3.63, 3.8) is 0 Å². The van der Waals surface area contributed by atoms with Gasteiger partial charge >= 0.3 is 6.18 Å². The molecule has 37 heavy (non-hydrogen) atoms. The first-order chi connectivity index (χ1) is 17.7. The van der Waals surface area contributed by atoms with Gasteiger partial charge in [-0.3, -0.25) is 9.59 Å². The van der Waals surface area contributed by atoms with Crippen molar-refractivity contribution in [2.24, 2.45) is 4.99 Å². The van der Waals surface area contributed by atoms with Crippen molar-refractivity contribution in [3.8, 4) is 0 Å². The predicted octanol–water partition coefficient (Wildman–Crippen LogP) is 3.54. The van der Waals surface area contributed by atoms with E-state index >= 15 is 4.39 Å². The van der Waals surface area contributed by atoms with Crippen molar-refractivity contribution in [3.05, 3.63) is 58.9 Å². The van der Waals surface area contributed by atoms with Crippen molar-refractivity contribution in [2.45, 2.75) is 31.0 Å². The van der Waals surface area contributed by atoms with E-state index in [1.165, 1.54) is 18.2 Å². The number of anilines is 2. The highest BCUT2D eigenvalue weighted by Gasteiger charge is 2.47. The fourth-order valence-electron chi connectivity index (χ4n) is 4.43. The quantitative estimate of drug-likeness (QED) is 0.524. The smallest absolute Gasteiger partial charge is 0.377 e. The number of carbonyl (C=O) groups excluding carboxylic acids is 2. The molecule has 1 atom stereocenters. The van der Waals surface area contributed by atoms with Crippen LogP contribution in [0.5, 0.6) is 0 Å². The zero-order valence-electron chi connectivity index (χ0n) is 19.7. The minimum absolute atomic E-state index is 0.00888. The highest BCUT2D eigenvalue weighted by atomic mass is 19.4. The number of morpholine rings is 1. The van der Waals surface area contributed by atoms with Gasteiger partial charge in [0, 0.05) is 36.4 Å². The molecule has 1 saturated carbocycles. The molecule has 1 unspecified atom stereocenters. The summed E-state index contributed by atoms with van der Waals surface area (Å²) in [5.74, 6) is -1.63. The van der Waals surface area contributed by atoms with Gasteiger partial charge in [0.25, 0.3) is 11.8 Å². The van der Waals surface area contributed by atoms with Crippen LogP contribution in [0.4, 0.5) is 28.9 Å². The third-order valence-corrected chi connectivity index (χ3v) is 6.45. The number of guanidine groups is 1. The fourth-order valence-corrected chi connectivity index (χ4v) is 4.43. The number of nitrogens with one attached hydrogen (secondary N) is 3. The Bertz CT molecular complexity index is 1240. The van der Waals surface area contributed by atoms with E-state index in [-0.39, 0.29) is 35.9 Å². The molecule has 8 nitrogen and oxygen atoms in total. The third kappa shape index (κ3) is 5.53. The van der Waals surface area contributed by atoms with Crippen LogP contribution in [0.3, 0.4) is 0 Å². The van der Waals surface area contributed by atoms with Gasteiger partial charge in [-0.05, 0) is 54.7 Å². The molecule has 0 bridgehead atoms. The highest BCUT2D eigenvalue weighted by molar-refractivity contribution is 6.03. The van der Waals surface area contributed by atoms with Gasteiger partial charge in [0.1, 0.15) is 5.82 Å². The lowest BCUT2D eigenvalue weighted by molar-refractivity contribution is -0.202. The van der Waals surface area contributed by atoms with Crippen molar-refractivity contribution in [1.29, 1.82) is 0 Å². The van der Waals surface area contributed by atoms with Gasteiger partial charge in [-0.15, -0.1) is 0 Å². The molecule has 1 aliphatic carbocycles. The average Bonchev–Trinajstić information content (AvgIpc) is 3.60. The highest BCUT2D eigenvalue weighted by Crippen LogP contribution is 2.45. The number of alkyl halides is 3. The molecule has 0 radical (unpaired) electrons. The summed E-state index contributed by atoms with van der Waals surface area (Å²) < 4.78 is 60.5. The molecule has 2 heterocycles. The minimum Gasteiger partial charge on any atom is -0.377 e. The Morgan fingerprint density at radius 1 is 1.08 bits per heavy atom. The van der Waals surface area contributed by atoms with Crippen LogP contribution >= 0.6 is 0 Å². The summed E-state index contributed by atoms with van der Waals surface area (Å²) in [6.07, 6.45) is -2.96. The maximum absolute atomic E-state index is 15.3. The van der Waals surface area contributed by atoms with Crippen LogP contribution in [0, 0.1) is 5.82 Å². The minimum atomic E-state index is -4.62. The van der Waals surface area contributed by atoms with Gasteiger partial charge < -0.3 is 25.6 Å². The summed E-state index contributed by atoms with van der Waals surface area (Å²) in [6, 6.07) is 6.60. The van der Waals surface area contributed by atoms with Gasteiger partial charge in [0.2, 0.25) is 0 Å². The number of aliphatic imine (C=N–C) groups is 1. The summed E-state index contributed by atoms with van der Waals surface area (Å²) in [5.41, 5.74) is 1.25. The molecule has 3 fully saturated rings. The van der Waals surface area contributed by atoms with E-state index in [4.69, 9.17) is 4.74 Å². The van der Waals surface area contributed by atoms with Gasteiger partial charge in [-0.1, -0.05) is 6.07 Å². The molecule has 196 valence electrons. The summed E-state index contributed by atoms with van der Waals surface area (Å²) in [6.45, 7) is 0.480. The van der Waals surface area contributed by atoms with Gasteiger partial charge in [-0.2, -0.15) is 18.2 Å². The first kappa shape index (κ1) is 25.0. The molecule has 2 amide bonds.